The molecule has 0 bridgehead atoms. The summed E-state index contributed by atoms with van der Waals surface area (Å²) in [7, 11) is 0. The highest BCUT2D eigenvalue weighted by atomic mass is 32.2. The molecule has 29 heavy (non-hydrogen) atoms. The Morgan fingerprint density at radius 3 is 2.72 bits per heavy atom. The molecule has 3 heterocycles. The van der Waals surface area contributed by atoms with E-state index >= 15 is 0 Å². The van der Waals surface area contributed by atoms with Gasteiger partial charge in [0.05, 0.1) is 27.0 Å². The van der Waals surface area contributed by atoms with Gasteiger partial charge in [0.1, 0.15) is 0 Å². The van der Waals surface area contributed by atoms with Gasteiger partial charge >= 0.3 is 0 Å². The summed E-state index contributed by atoms with van der Waals surface area (Å²) in [5.41, 5.74) is 1.07. The van der Waals surface area contributed by atoms with Crippen molar-refractivity contribution in [3.8, 4) is 0 Å². The molecule has 2 aliphatic rings. The van der Waals surface area contributed by atoms with Crippen LogP contribution in [0.5, 0.6) is 0 Å². The first kappa shape index (κ1) is 20.3. The van der Waals surface area contributed by atoms with E-state index in [0.29, 0.717) is 12.5 Å². The summed E-state index contributed by atoms with van der Waals surface area (Å²) >= 11 is 2.79. The fourth-order valence-electron chi connectivity index (χ4n) is 3.80. The topological polar surface area (TPSA) is 82.6 Å². The molecule has 1 atom stereocenters. The Balaban J connectivity index is 1.25. The van der Waals surface area contributed by atoms with Crippen LogP contribution in [0.3, 0.4) is 0 Å². The van der Waals surface area contributed by atoms with Gasteiger partial charge in [-0.3, -0.25) is 24.2 Å². The predicted molar refractivity (Wildman–Crippen MR) is 115 cm³/mol. The fourth-order valence-corrected chi connectivity index (χ4v) is 5.69. The van der Waals surface area contributed by atoms with Crippen LogP contribution in [0.25, 0.3) is 10.2 Å². The zero-order valence-corrected chi connectivity index (χ0v) is 17.9. The first-order chi connectivity index (χ1) is 14.0. The van der Waals surface area contributed by atoms with Crippen molar-refractivity contribution in [2.45, 2.75) is 31.7 Å². The summed E-state index contributed by atoms with van der Waals surface area (Å²) in [4.78, 5) is 43.9. The van der Waals surface area contributed by atoms with Crippen LogP contribution in [0, 0.1) is 0 Å². The summed E-state index contributed by atoms with van der Waals surface area (Å²) < 4.78 is 1.23. The number of thiazole rings is 1. The second-order valence-electron chi connectivity index (χ2n) is 7.40. The van der Waals surface area contributed by atoms with Gasteiger partial charge in [-0.15, -0.1) is 11.3 Å². The average Bonchev–Trinajstić information content (AvgIpc) is 3.31. The Labute approximate surface area is 177 Å². The minimum atomic E-state index is -0.231. The number of nitrogens with one attached hydrogen (secondary N) is 1. The molecule has 2 fully saturated rings. The van der Waals surface area contributed by atoms with Crippen LogP contribution < -0.4 is 5.32 Å². The highest BCUT2D eigenvalue weighted by Crippen LogP contribution is 2.34. The maximum atomic E-state index is 12.5. The average molecular weight is 433 g/mol. The van der Waals surface area contributed by atoms with Gasteiger partial charge in [0, 0.05) is 19.0 Å². The van der Waals surface area contributed by atoms with Crippen LogP contribution in [0.15, 0.2) is 24.3 Å². The van der Waals surface area contributed by atoms with Crippen LogP contribution in [-0.4, -0.2) is 69.8 Å². The smallest absolute Gasteiger partial charge is 0.288 e. The van der Waals surface area contributed by atoms with Crippen molar-refractivity contribution < 1.29 is 14.4 Å². The largest absolute Gasteiger partial charge is 0.353 e. The molecular formula is C20H24N4O3S2. The van der Waals surface area contributed by atoms with Gasteiger partial charge in [-0.05, 0) is 45.0 Å². The van der Waals surface area contributed by atoms with E-state index in [1.165, 1.54) is 14.6 Å². The van der Waals surface area contributed by atoms with Gasteiger partial charge in [0.15, 0.2) is 0 Å². The number of aromatic nitrogens is 1. The van der Waals surface area contributed by atoms with E-state index < -0.39 is 0 Å². The molecule has 0 unspecified atom stereocenters. The van der Waals surface area contributed by atoms with Crippen molar-refractivity contribution in [1.82, 2.24) is 20.1 Å². The van der Waals surface area contributed by atoms with Gasteiger partial charge in [0.25, 0.3) is 5.24 Å². The quantitative estimate of drug-likeness (QED) is 0.756. The number of amides is 3. The number of benzene rings is 1. The van der Waals surface area contributed by atoms with Crippen molar-refractivity contribution >= 4 is 50.4 Å². The van der Waals surface area contributed by atoms with Gasteiger partial charge in [-0.2, -0.15) is 0 Å². The van der Waals surface area contributed by atoms with Crippen molar-refractivity contribution in [2.24, 2.45) is 0 Å². The summed E-state index contributed by atoms with van der Waals surface area (Å²) in [5, 5.41) is 3.83. The third-order valence-electron chi connectivity index (χ3n) is 5.59. The van der Waals surface area contributed by atoms with Gasteiger partial charge in [0.2, 0.25) is 11.8 Å². The van der Waals surface area contributed by atoms with Crippen molar-refractivity contribution in [3.63, 3.8) is 0 Å². The van der Waals surface area contributed by atoms with Crippen LogP contribution in [0.1, 0.15) is 30.7 Å². The Morgan fingerprint density at radius 2 is 2.03 bits per heavy atom. The summed E-state index contributed by atoms with van der Waals surface area (Å²) in [6.07, 6.45) is 1.98. The van der Waals surface area contributed by atoms with E-state index in [9.17, 15) is 14.4 Å². The maximum Gasteiger partial charge on any atom is 0.288 e. The van der Waals surface area contributed by atoms with E-state index in [4.69, 9.17) is 4.98 Å². The summed E-state index contributed by atoms with van der Waals surface area (Å²) in [6.45, 7) is 4.16. The molecule has 0 radical (unpaired) electrons. The Bertz CT molecular complexity index is 874. The van der Waals surface area contributed by atoms with Gasteiger partial charge in [-0.25, -0.2) is 4.98 Å². The molecule has 9 heteroatoms. The van der Waals surface area contributed by atoms with Gasteiger partial charge < -0.3 is 5.32 Å². The normalized spacial score (nSPS) is 19.8. The zero-order chi connectivity index (χ0) is 20.4. The van der Waals surface area contributed by atoms with E-state index in [-0.39, 0.29) is 35.4 Å². The lowest BCUT2D eigenvalue weighted by Gasteiger charge is -2.34. The third-order valence-corrected chi connectivity index (χ3v) is 7.65. The minimum Gasteiger partial charge on any atom is -0.353 e. The Kier molecular flexibility index (Phi) is 6.17. The number of para-hydroxylation sites is 1. The highest BCUT2D eigenvalue weighted by molar-refractivity contribution is 8.14. The zero-order valence-electron chi connectivity index (χ0n) is 16.3. The highest BCUT2D eigenvalue weighted by Gasteiger charge is 2.31. The molecular weight excluding hydrogens is 408 g/mol. The van der Waals surface area contributed by atoms with E-state index in [1.54, 1.807) is 11.3 Å². The van der Waals surface area contributed by atoms with Crippen LogP contribution >= 0.6 is 23.1 Å². The summed E-state index contributed by atoms with van der Waals surface area (Å²) in [5.74, 6) is 0.408. The number of imide groups is 1. The van der Waals surface area contributed by atoms with E-state index in [1.807, 2.05) is 19.1 Å². The molecule has 4 rings (SSSR count). The predicted octanol–water partition coefficient (Wildman–Crippen LogP) is 2.68. The molecule has 0 saturated carbocycles. The van der Waals surface area contributed by atoms with Crippen molar-refractivity contribution in [1.29, 1.82) is 0 Å². The second kappa shape index (κ2) is 8.81. The lowest BCUT2D eigenvalue weighted by molar-refractivity contribution is -0.128. The van der Waals surface area contributed by atoms with E-state index in [0.717, 1.165) is 43.2 Å². The standard InChI is InChI=1S/C20H24N4O3S2/c1-13(18(26)21-8-11-24-17(25)12-28-20(24)27)23-9-6-14(7-10-23)19-22-15-4-2-3-5-16(15)29-19/h2-5,13-14H,6-12H2,1H3,(H,21,26)/t13-/m1/s1. The molecule has 2 aliphatic heterocycles. The molecule has 0 spiro atoms. The minimum absolute atomic E-state index is 0.0600. The molecule has 0 aliphatic carbocycles. The number of rotatable bonds is 6. The first-order valence-electron chi connectivity index (χ1n) is 9.87. The lowest BCUT2D eigenvalue weighted by Crippen LogP contribution is -2.49. The molecule has 7 nitrogen and oxygen atoms in total. The number of hydrogen-bond donors (Lipinski definition) is 1. The number of piperidine rings is 1. The van der Waals surface area contributed by atoms with Crippen LogP contribution in [0.2, 0.25) is 0 Å². The number of thioether (sulfide) groups is 1. The molecule has 2 aromatic rings. The molecule has 154 valence electrons. The first-order valence-corrected chi connectivity index (χ1v) is 11.7. The second-order valence-corrected chi connectivity index (χ2v) is 9.39. The third kappa shape index (κ3) is 4.46. The fraction of sp³-hybridized carbons (Fsp3) is 0.500. The number of fused-ring (bicyclic) bond motifs is 1. The molecule has 2 saturated heterocycles. The van der Waals surface area contributed by atoms with E-state index in [2.05, 4.69) is 22.3 Å². The number of carbonyl (C=O) groups excluding carboxylic acids is 3. The Hall–Kier alpha value is -1.97. The van der Waals surface area contributed by atoms with Crippen LogP contribution in [-0.2, 0) is 9.59 Å². The molecule has 1 aromatic carbocycles. The number of hydrogen-bond acceptors (Lipinski definition) is 7. The SMILES string of the molecule is C[C@H](C(=O)NCCN1C(=O)CSC1=O)N1CCC(c2nc3ccccc3s2)CC1. The maximum absolute atomic E-state index is 12.5. The molecule has 1 N–H and O–H groups in total. The summed E-state index contributed by atoms with van der Waals surface area (Å²) in [6, 6.07) is 7.99. The number of nitrogens with zero attached hydrogens (tertiary/aromatic N) is 3. The molecule has 3 amide bonds. The van der Waals surface area contributed by atoms with Crippen molar-refractivity contribution in [2.75, 3.05) is 31.9 Å². The lowest BCUT2D eigenvalue weighted by atomic mass is 9.96. The van der Waals surface area contributed by atoms with Crippen LogP contribution in [0.4, 0.5) is 4.79 Å². The molecule has 1 aromatic heterocycles. The Morgan fingerprint density at radius 1 is 1.28 bits per heavy atom. The van der Waals surface area contributed by atoms with Crippen molar-refractivity contribution in [3.05, 3.63) is 29.3 Å². The van der Waals surface area contributed by atoms with Gasteiger partial charge in [-0.1, -0.05) is 23.9 Å². The monoisotopic (exact) mass is 432 g/mol. The number of carbonyl (C=O) groups is 3. The number of likely N-dealkylation sites (tertiary alicyclic amines) is 1.